The molecule has 5 nitrogen and oxygen atoms in total. The van der Waals surface area contributed by atoms with Gasteiger partial charge < -0.3 is 5.11 Å². The summed E-state index contributed by atoms with van der Waals surface area (Å²) in [5, 5.41) is 9.09. The van der Waals surface area contributed by atoms with Crippen molar-refractivity contribution in [1.82, 2.24) is 0 Å². The summed E-state index contributed by atoms with van der Waals surface area (Å²) >= 11 is 0. The smallest absolute Gasteiger partial charge is 0.306 e. The maximum Gasteiger partial charge on any atom is 0.306 e. The molecule has 1 unspecified atom stereocenters. The van der Waals surface area contributed by atoms with Gasteiger partial charge in [0.05, 0.1) is 11.7 Å². The monoisotopic (exact) mass is 390 g/mol. The lowest BCUT2D eigenvalue weighted by Crippen LogP contribution is -2.18. The van der Waals surface area contributed by atoms with Crippen molar-refractivity contribution in [3.63, 3.8) is 0 Å². The van der Waals surface area contributed by atoms with E-state index in [1.807, 2.05) is 0 Å². The second-order valence-corrected chi connectivity index (χ2v) is 8.70. The minimum atomic E-state index is -4.08. The molecule has 0 aliphatic rings. The zero-order chi connectivity index (χ0) is 19.7. The third-order valence-electron chi connectivity index (χ3n) is 4.64. The summed E-state index contributed by atoms with van der Waals surface area (Å²) in [6, 6.07) is 0. The number of carboxylic acid groups (broad SMARTS) is 1. The van der Waals surface area contributed by atoms with Crippen LogP contribution >= 0.6 is 0 Å². The van der Waals surface area contributed by atoms with Crippen LogP contribution in [0.1, 0.15) is 96.8 Å². The third-order valence-corrected chi connectivity index (χ3v) is 5.39. The van der Waals surface area contributed by atoms with Crippen LogP contribution in [-0.4, -0.2) is 29.8 Å². The number of aliphatic carboxylic acids is 1. The van der Waals surface area contributed by atoms with Crippen molar-refractivity contribution in [2.24, 2.45) is 5.92 Å². The molecule has 0 fully saturated rings. The Labute approximate surface area is 160 Å². The van der Waals surface area contributed by atoms with Crippen molar-refractivity contribution in [2.75, 3.05) is 5.75 Å². The highest BCUT2D eigenvalue weighted by atomic mass is 32.2. The summed E-state index contributed by atoms with van der Waals surface area (Å²) in [6.45, 7) is 2.23. The molecule has 0 aromatic rings. The molecule has 6 heteroatoms. The molecular formula is C20H38O5S. The molecule has 1 atom stereocenters. The first-order valence-corrected chi connectivity index (χ1v) is 11.8. The lowest BCUT2D eigenvalue weighted by Gasteiger charge is -2.10. The van der Waals surface area contributed by atoms with E-state index >= 15 is 0 Å². The quantitative estimate of drug-likeness (QED) is 0.180. The van der Waals surface area contributed by atoms with Gasteiger partial charge in [-0.1, -0.05) is 70.4 Å². The predicted molar refractivity (Wildman–Crippen MR) is 107 cm³/mol. The Kier molecular flexibility index (Phi) is 15.8. The summed E-state index contributed by atoms with van der Waals surface area (Å²) in [6.07, 6.45) is 19.1. The molecule has 0 spiro atoms. The fourth-order valence-corrected chi connectivity index (χ4v) is 3.55. The van der Waals surface area contributed by atoms with Crippen molar-refractivity contribution in [3.8, 4) is 0 Å². The second-order valence-electron chi connectivity index (χ2n) is 7.13. The number of allylic oxidation sites excluding steroid dienone is 2. The zero-order valence-corrected chi connectivity index (χ0v) is 17.2. The predicted octanol–water partition coefficient (Wildman–Crippen LogP) is 5.61. The summed E-state index contributed by atoms with van der Waals surface area (Å²) < 4.78 is 30.1. The van der Waals surface area contributed by atoms with Gasteiger partial charge in [0, 0.05) is 0 Å². The van der Waals surface area contributed by atoms with E-state index in [1.165, 1.54) is 44.9 Å². The number of carboxylic acids is 1. The van der Waals surface area contributed by atoms with Gasteiger partial charge in [0.1, 0.15) is 0 Å². The molecule has 0 aromatic heterocycles. The highest BCUT2D eigenvalue weighted by molar-refractivity contribution is 7.85. The summed E-state index contributed by atoms with van der Waals surface area (Å²) in [5.74, 6) is -2.15. The Hall–Kier alpha value is -0.880. The van der Waals surface area contributed by atoms with Crippen molar-refractivity contribution in [3.05, 3.63) is 12.2 Å². The molecular weight excluding hydrogens is 352 g/mol. The molecule has 0 saturated heterocycles. The first-order valence-electron chi connectivity index (χ1n) is 10.2. The summed E-state index contributed by atoms with van der Waals surface area (Å²) in [4.78, 5) is 11.1. The average molecular weight is 391 g/mol. The van der Waals surface area contributed by atoms with E-state index in [0.717, 1.165) is 32.1 Å². The lowest BCUT2D eigenvalue weighted by molar-refractivity contribution is -0.142. The highest BCUT2D eigenvalue weighted by Crippen LogP contribution is 2.16. The van der Waals surface area contributed by atoms with E-state index in [9.17, 15) is 13.2 Å². The van der Waals surface area contributed by atoms with Crippen molar-refractivity contribution in [2.45, 2.75) is 96.8 Å². The molecule has 0 heterocycles. The molecule has 154 valence electrons. The molecule has 0 amide bonds. The lowest BCUT2D eigenvalue weighted by atomic mass is 9.98. The van der Waals surface area contributed by atoms with Crippen LogP contribution in [0.3, 0.4) is 0 Å². The normalized spacial score (nSPS) is 13.3. The topological polar surface area (TPSA) is 91.7 Å². The molecule has 0 aromatic carbocycles. The van der Waals surface area contributed by atoms with Gasteiger partial charge in [-0.2, -0.15) is 8.42 Å². The highest BCUT2D eigenvalue weighted by Gasteiger charge is 2.19. The second kappa shape index (κ2) is 16.3. The molecule has 26 heavy (non-hydrogen) atoms. The van der Waals surface area contributed by atoms with Crippen molar-refractivity contribution >= 4 is 16.1 Å². The Morgan fingerprint density at radius 1 is 0.846 bits per heavy atom. The molecule has 0 radical (unpaired) electrons. The Balaban J connectivity index is 3.55. The third kappa shape index (κ3) is 17.9. The van der Waals surface area contributed by atoms with E-state index in [2.05, 4.69) is 19.1 Å². The zero-order valence-electron chi connectivity index (χ0n) is 16.4. The average Bonchev–Trinajstić information content (AvgIpc) is 2.56. The summed E-state index contributed by atoms with van der Waals surface area (Å²) in [5.41, 5.74) is 0. The van der Waals surface area contributed by atoms with Gasteiger partial charge in [-0.15, -0.1) is 0 Å². The van der Waals surface area contributed by atoms with Gasteiger partial charge in [-0.25, -0.2) is 0 Å². The van der Waals surface area contributed by atoms with E-state index in [4.69, 9.17) is 9.66 Å². The van der Waals surface area contributed by atoms with E-state index in [0.29, 0.717) is 6.42 Å². The van der Waals surface area contributed by atoms with Crippen molar-refractivity contribution in [1.29, 1.82) is 0 Å². The number of hydrogen-bond donors (Lipinski definition) is 2. The van der Waals surface area contributed by atoms with Crippen molar-refractivity contribution < 1.29 is 22.9 Å². The Morgan fingerprint density at radius 2 is 1.35 bits per heavy atom. The van der Waals surface area contributed by atoms with E-state index in [1.54, 1.807) is 0 Å². The largest absolute Gasteiger partial charge is 0.481 e. The fourth-order valence-electron chi connectivity index (χ4n) is 2.97. The van der Waals surface area contributed by atoms with Crippen LogP contribution in [0.15, 0.2) is 12.2 Å². The summed E-state index contributed by atoms with van der Waals surface area (Å²) in [7, 11) is -4.08. The molecule has 0 aliphatic heterocycles. The van der Waals surface area contributed by atoms with Gasteiger partial charge in [0.2, 0.25) is 0 Å². The number of carbonyl (C=O) groups is 1. The van der Waals surface area contributed by atoms with Gasteiger partial charge >= 0.3 is 5.97 Å². The first kappa shape index (κ1) is 25.1. The Morgan fingerprint density at radius 3 is 1.85 bits per heavy atom. The fraction of sp³-hybridized carbons (Fsp3) is 0.850. The van der Waals surface area contributed by atoms with Crippen LogP contribution in [-0.2, 0) is 14.9 Å². The van der Waals surface area contributed by atoms with E-state index < -0.39 is 27.8 Å². The molecule has 0 rings (SSSR count). The Bertz CT molecular complexity index is 471. The minimum Gasteiger partial charge on any atom is -0.481 e. The molecule has 0 bridgehead atoms. The number of unbranched alkanes of at least 4 members (excludes halogenated alkanes) is 10. The number of rotatable bonds is 18. The SMILES string of the molecule is CCCCCCCCC=CCCCCCCC(CCS(=O)(=O)O)C(=O)O. The maximum atomic E-state index is 11.1. The van der Waals surface area contributed by atoms with Crippen LogP contribution < -0.4 is 0 Å². The standard InChI is InChI=1S/C20H38O5S/c1-2-3-4-5-6-7-8-9-10-11-12-13-14-15-16-19(20(21)22)17-18-26(23,24)25/h9-10,19H,2-8,11-18H2,1H3,(H,21,22)(H,23,24,25). The first-order chi connectivity index (χ1) is 12.4. The van der Waals surface area contributed by atoms with Gasteiger partial charge in [-0.05, 0) is 38.5 Å². The van der Waals surface area contributed by atoms with Gasteiger partial charge in [0.15, 0.2) is 0 Å². The molecule has 0 aliphatic carbocycles. The van der Waals surface area contributed by atoms with Crippen LogP contribution in [0.5, 0.6) is 0 Å². The maximum absolute atomic E-state index is 11.1. The van der Waals surface area contributed by atoms with Crippen LogP contribution in [0, 0.1) is 5.92 Å². The van der Waals surface area contributed by atoms with Gasteiger partial charge in [0.25, 0.3) is 10.1 Å². The number of hydrogen-bond acceptors (Lipinski definition) is 3. The van der Waals surface area contributed by atoms with Crippen LogP contribution in [0.25, 0.3) is 0 Å². The molecule has 2 N–H and O–H groups in total. The van der Waals surface area contributed by atoms with Crippen LogP contribution in [0.4, 0.5) is 0 Å². The molecule has 0 saturated carbocycles. The van der Waals surface area contributed by atoms with Gasteiger partial charge in [-0.3, -0.25) is 9.35 Å². The minimum absolute atomic E-state index is 0.0185. The van der Waals surface area contributed by atoms with E-state index in [-0.39, 0.29) is 6.42 Å². The van der Waals surface area contributed by atoms with Crippen LogP contribution in [0.2, 0.25) is 0 Å².